The fourth-order valence-electron chi connectivity index (χ4n) is 4.56. The molecule has 2 amide bonds. The fourth-order valence-corrected chi connectivity index (χ4v) is 4.56. The van der Waals surface area contributed by atoms with Crippen LogP contribution in [0.15, 0.2) is 53.4 Å². The summed E-state index contributed by atoms with van der Waals surface area (Å²) < 4.78 is 25.5. The Kier molecular flexibility index (Phi) is 10.1. The molecule has 2 saturated heterocycles. The number of aliphatic hydroxyl groups excluding tert-OH is 3. The molecule has 1 aromatic carbocycles. The molecule has 2 aliphatic heterocycles. The summed E-state index contributed by atoms with van der Waals surface area (Å²) in [7, 11) is 24.2. The lowest BCUT2D eigenvalue weighted by atomic mass is 9.27. The van der Waals surface area contributed by atoms with Crippen LogP contribution in [0.5, 0.6) is 0 Å². The van der Waals surface area contributed by atoms with Crippen molar-refractivity contribution in [2.45, 2.75) is 29.3 Å². The van der Waals surface area contributed by atoms with Gasteiger partial charge in [-0.1, -0.05) is 23.9 Å². The van der Waals surface area contributed by atoms with E-state index in [2.05, 4.69) is 11.5 Å². The van der Waals surface area contributed by atoms with Crippen LogP contribution in [0, 0.1) is 5.82 Å². The number of nitrogens with one attached hydrogen (secondary N) is 1. The number of benzene rings is 1. The zero-order chi connectivity index (χ0) is 32.3. The van der Waals surface area contributed by atoms with Crippen molar-refractivity contribution in [2.24, 2.45) is 0 Å². The summed E-state index contributed by atoms with van der Waals surface area (Å²) in [6.45, 7) is 4.62. The lowest BCUT2D eigenvalue weighted by Gasteiger charge is -2.53. The molecule has 43 heavy (non-hydrogen) atoms. The van der Waals surface area contributed by atoms with Crippen molar-refractivity contribution in [1.82, 2.24) is 15.1 Å². The predicted octanol–water partition coefficient (Wildman–Crippen LogP) is -0.790. The van der Waals surface area contributed by atoms with E-state index in [0.29, 0.717) is 38.4 Å². The molecule has 0 spiro atoms. The molecule has 1 unspecified atom stereocenters. The summed E-state index contributed by atoms with van der Waals surface area (Å²) >= 11 is 0. The molecule has 220 valence electrons. The Morgan fingerprint density at radius 3 is 2.37 bits per heavy atom. The normalized spacial score (nSPS) is 20.3. The van der Waals surface area contributed by atoms with Crippen LogP contribution in [0.1, 0.15) is 11.1 Å². The molecule has 8 radical (unpaired) electrons. The number of carbonyl (C=O) groups is 3. The third-order valence-corrected chi connectivity index (χ3v) is 7.26. The highest BCUT2D eigenvalue weighted by Crippen LogP contribution is 2.52. The maximum Gasteiger partial charge on any atom is 0.283 e. The predicted molar refractivity (Wildman–Crippen MR) is 154 cm³/mol. The first kappa shape index (κ1) is 33.8. The number of hydrogen-bond donors (Lipinski definition) is 5. The van der Waals surface area contributed by atoms with Crippen LogP contribution in [0.25, 0.3) is 0 Å². The molecule has 5 N–H and O–H groups in total. The number of aliphatic hydroxyl groups is 4. The second kappa shape index (κ2) is 12.9. The molecule has 0 aliphatic carbocycles. The molecule has 12 nitrogen and oxygen atoms in total. The van der Waals surface area contributed by atoms with Gasteiger partial charge in [0.1, 0.15) is 18.7 Å². The molecule has 0 saturated carbocycles. The summed E-state index contributed by atoms with van der Waals surface area (Å²) in [6.07, 6.45) is -0.163. The lowest BCUT2D eigenvalue weighted by Crippen LogP contribution is -2.69. The van der Waals surface area contributed by atoms with E-state index in [-0.39, 0.29) is 16.7 Å². The van der Waals surface area contributed by atoms with Gasteiger partial charge < -0.3 is 40.0 Å². The highest BCUT2D eigenvalue weighted by atomic mass is 19.1. The number of carbonyl (C=O) groups excluding carboxylic acids is 3. The van der Waals surface area contributed by atoms with Gasteiger partial charge in [0.05, 0.1) is 62.3 Å². The van der Waals surface area contributed by atoms with Crippen LogP contribution < -0.4 is 5.32 Å². The highest BCUT2D eigenvalue weighted by Gasteiger charge is 2.62. The van der Waals surface area contributed by atoms with Crippen LogP contribution >= 0.6 is 0 Å². The lowest BCUT2D eigenvalue weighted by molar-refractivity contribution is -0.174. The number of rotatable bonds is 11. The van der Waals surface area contributed by atoms with Crippen molar-refractivity contribution in [2.75, 3.05) is 39.9 Å². The Hall–Kier alpha value is -3.68. The minimum Gasteiger partial charge on any atom is -0.505 e. The molecule has 0 aromatic heterocycles. The van der Waals surface area contributed by atoms with Crippen LogP contribution in [0.2, 0.25) is 10.4 Å². The smallest absolute Gasteiger partial charge is 0.283 e. The van der Waals surface area contributed by atoms with Gasteiger partial charge in [-0.15, -0.1) is 0 Å². The molecule has 2 heterocycles. The number of ether oxygens (including phenoxy) is 2. The van der Waals surface area contributed by atoms with Gasteiger partial charge in [0.2, 0.25) is 5.72 Å². The topological polar surface area (TPSA) is 169 Å². The third kappa shape index (κ3) is 6.34. The largest absolute Gasteiger partial charge is 0.505 e. The molecular weight excluding hydrogens is 561 g/mol. The van der Waals surface area contributed by atoms with Crippen molar-refractivity contribution in [3.8, 4) is 0 Å². The standard InChI is InChI=1S/C26H28B4FN3O9/c1-14(36)20(37)19-17(11-34(21(19)38)25(41,23(40)32-2)26(29,30)24(27,28)13-35)22(39)43-12-16-4-3-15(9-18(16)31)10-33-5-7-42-8-6-33/h3-4,9,13,36-37,39,41H,1,5-8,10-12H2,2H3,(H,32,40)/b20-19-,22-17+. The monoisotopic (exact) mass is 589 g/mol. The van der Waals surface area contributed by atoms with Crippen LogP contribution in [-0.2, 0) is 37.0 Å². The first-order valence-corrected chi connectivity index (χ1v) is 12.9. The van der Waals surface area contributed by atoms with Gasteiger partial charge in [-0.3, -0.25) is 19.4 Å². The summed E-state index contributed by atoms with van der Waals surface area (Å²) in [5, 5.41) is 38.7. The molecule has 1 aromatic rings. The molecule has 17 heteroatoms. The average molecular weight is 589 g/mol. The zero-order valence-electron chi connectivity index (χ0n) is 23.4. The van der Waals surface area contributed by atoms with Gasteiger partial charge in [-0.05, 0) is 16.8 Å². The minimum atomic E-state index is -3.41. The van der Waals surface area contributed by atoms with Crippen LogP contribution in [0.4, 0.5) is 4.39 Å². The summed E-state index contributed by atoms with van der Waals surface area (Å²) in [4.78, 5) is 40.3. The van der Waals surface area contributed by atoms with Gasteiger partial charge in [-0.25, -0.2) is 4.39 Å². The molecule has 2 fully saturated rings. The van der Waals surface area contributed by atoms with E-state index < -0.39 is 75.5 Å². The van der Waals surface area contributed by atoms with E-state index in [0.717, 1.165) is 7.05 Å². The number of morpholine rings is 1. The number of aldehydes is 1. The highest BCUT2D eigenvalue weighted by molar-refractivity contribution is 6.60. The Labute approximate surface area is 252 Å². The van der Waals surface area contributed by atoms with Gasteiger partial charge in [0, 0.05) is 32.2 Å². The second-order valence-electron chi connectivity index (χ2n) is 10.1. The molecule has 2 aliphatic rings. The number of likely N-dealkylation sites (N-methyl/N-ethyl adjacent to an activating group) is 1. The van der Waals surface area contributed by atoms with E-state index in [4.69, 9.17) is 40.9 Å². The zero-order valence-corrected chi connectivity index (χ0v) is 23.4. The maximum atomic E-state index is 14.9. The summed E-state index contributed by atoms with van der Waals surface area (Å²) in [6, 6.07) is 4.40. The number of amides is 2. The number of likely N-dealkylation sites (tertiary alicyclic amines) is 1. The van der Waals surface area contributed by atoms with Gasteiger partial charge in [0.15, 0.2) is 11.5 Å². The van der Waals surface area contributed by atoms with Crippen molar-refractivity contribution in [1.29, 1.82) is 0 Å². The Balaban J connectivity index is 1.98. The summed E-state index contributed by atoms with van der Waals surface area (Å²) in [5.74, 6) is -6.86. The SMILES string of the molecule is [B]C([B])(C=O)C([B])([B])C(O)(C(=O)NC)N1CC(=C(/O)OCc2ccc(CN3CCOCC3)cc2F)/C(=C(/O)C(=C)O)C1=O. The van der Waals surface area contributed by atoms with Gasteiger partial charge >= 0.3 is 0 Å². The number of nitrogens with zero attached hydrogens (tertiary/aromatic N) is 2. The summed E-state index contributed by atoms with van der Waals surface area (Å²) in [5.41, 5.74) is -4.21. The Morgan fingerprint density at radius 2 is 1.84 bits per heavy atom. The second-order valence-corrected chi connectivity index (χ2v) is 10.1. The van der Waals surface area contributed by atoms with Crippen molar-refractivity contribution in [3.63, 3.8) is 0 Å². The average Bonchev–Trinajstić information content (AvgIpc) is 3.32. The van der Waals surface area contributed by atoms with E-state index in [1.54, 1.807) is 6.07 Å². The molecule has 1 atom stereocenters. The third-order valence-electron chi connectivity index (χ3n) is 7.26. The van der Waals surface area contributed by atoms with E-state index in [1.807, 2.05) is 5.32 Å². The van der Waals surface area contributed by atoms with Gasteiger partial charge in [-0.2, -0.15) is 0 Å². The first-order valence-electron chi connectivity index (χ1n) is 12.9. The van der Waals surface area contributed by atoms with Crippen molar-refractivity contribution < 1.29 is 48.7 Å². The van der Waals surface area contributed by atoms with Crippen molar-refractivity contribution in [3.05, 3.63) is 70.3 Å². The van der Waals surface area contributed by atoms with Crippen LogP contribution in [-0.4, -0.2) is 125 Å². The molecular formula is C26H28B4FN3O9. The number of hydrogen-bond acceptors (Lipinski definition) is 10. The quantitative estimate of drug-likeness (QED) is 0.0956. The Bertz CT molecular complexity index is 1370. The van der Waals surface area contributed by atoms with E-state index in [9.17, 15) is 39.2 Å². The Morgan fingerprint density at radius 1 is 1.21 bits per heavy atom. The van der Waals surface area contributed by atoms with Crippen molar-refractivity contribution >= 4 is 49.5 Å². The van der Waals surface area contributed by atoms with Gasteiger partial charge in [0.25, 0.3) is 17.8 Å². The number of halogens is 1. The maximum absolute atomic E-state index is 14.9. The molecule has 3 rings (SSSR count). The minimum absolute atomic E-state index is 0.00667. The van der Waals surface area contributed by atoms with E-state index in [1.165, 1.54) is 12.1 Å². The van der Waals surface area contributed by atoms with E-state index >= 15 is 0 Å². The first-order chi connectivity index (χ1) is 20.0. The molecule has 0 bridgehead atoms. The fraction of sp³-hybridized carbons (Fsp3) is 0.423. The van der Waals surface area contributed by atoms with Crippen LogP contribution in [0.3, 0.4) is 0 Å².